The average Bonchev–Trinajstić information content (AvgIpc) is 2.91. The van der Waals surface area contributed by atoms with E-state index in [0.717, 1.165) is 48.6 Å². The van der Waals surface area contributed by atoms with Gasteiger partial charge in [-0.05, 0) is 67.4 Å². The van der Waals surface area contributed by atoms with Crippen LogP contribution in [0.3, 0.4) is 0 Å². The molecule has 190 valence electrons. The summed E-state index contributed by atoms with van der Waals surface area (Å²) in [4.78, 5) is 14.4. The van der Waals surface area contributed by atoms with Gasteiger partial charge < -0.3 is 24.4 Å². The van der Waals surface area contributed by atoms with Gasteiger partial charge in [0.25, 0.3) is 5.91 Å². The quantitative estimate of drug-likeness (QED) is 0.247. The third-order valence-corrected chi connectivity index (χ3v) is 5.68. The highest BCUT2D eigenvalue weighted by Gasteiger charge is 2.04. The minimum absolute atomic E-state index is 0.00665. The SMILES string of the molecule is COc1cc(/C=C/c2ccc(OCC(=O)NCCCCN(C)Cc3ccccc3)cc2)cc(OC)c1. The Morgan fingerprint density at radius 2 is 1.50 bits per heavy atom. The number of amides is 1. The molecule has 0 bridgehead atoms. The maximum atomic E-state index is 12.1. The van der Waals surface area contributed by atoms with Crippen LogP contribution in [-0.4, -0.2) is 51.8 Å². The van der Waals surface area contributed by atoms with Gasteiger partial charge in [0.15, 0.2) is 6.61 Å². The van der Waals surface area contributed by atoms with Crippen LogP contribution >= 0.6 is 0 Å². The zero-order valence-corrected chi connectivity index (χ0v) is 21.4. The van der Waals surface area contributed by atoms with Crippen LogP contribution in [0.2, 0.25) is 0 Å². The van der Waals surface area contributed by atoms with E-state index in [-0.39, 0.29) is 12.5 Å². The van der Waals surface area contributed by atoms with E-state index in [1.807, 2.05) is 60.7 Å². The Hall–Kier alpha value is -3.77. The van der Waals surface area contributed by atoms with E-state index in [1.54, 1.807) is 14.2 Å². The lowest BCUT2D eigenvalue weighted by atomic mass is 10.1. The Morgan fingerprint density at radius 3 is 2.17 bits per heavy atom. The molecule has 0 unspecified atom stereocenters. The normalized spacial score (nSPS) is 11.0. The lowest BCUT2D eigenvalue weighted by Crippen LogP contribution is -2.30. The lowest BCUT2D eigenvalue weighted by molar-refractivity contribution is -0.123. The predicted molar refractivity (Wildman–Crippen MR) is 145 cm³/mol. The highest BCUT2D eigenvalue weighted by atomic mass is 16.5. The van der Waals surface area contributed by atoms with Crippen molar-refractivity contribution in [3.8, 4) is 17.2 Å². The second-order valence-electron chi connectivity index (χ2n) is 8.62. The van der Waals surface area contributed by atoms with Gasteiger partial charge in [0.1, 0.15) is 17.2 Å². The summed E-state index contributed by atoms with van der Waals surface area (Å²) in [6.07, 6.45) is 5.96. The fourth-order valence-electron chi connectivity index (χ4n) is 3.70. The second kappa shape index (κ2) is 14.6. The highest BCUT2D eigenvalue weighted by Crippen LogP contribution is 2.24. The van der Waals surface area contributed by atoms with Gasteiger partial charge in [0.2, 0.25) is 0 Å². The fraction of sp³-hybridized carbons (Fsp3) is 0.300. The Morgan fingerprint density at radius 1 is 0.833 bits per heavy atom. The molecular weight excluding hydrogens is 452 g/mol. The van der Waals surface area contributed by atoms with Crippen molar-refractivity contribution in [2.24, 2.45) is 0 Å². The Labute approximate surface area is 214 Å². The molecule has 0 fully saturated rings. The molecule has 6 nitrogen and oxygen atoms in total. The van der Waals surface area contributed by atoms with Crippen molar-refractivity contribution in [3.63, 3.8) is 0 Å². The molecule has 1 amide bonds. The van der Waals surface area contributed by atoms with Gasteiger partial charge in [-0.3, -0.25) is 4.79 Å². The molecule has 3 aromatic carbocycles. The predicted octanol–water partition coefficient (Wildman–Crippen LogP) is 5.28. The number of hydrogen-bond acceptors (Lipinski definition) is 5. The minimum Gasteiger partial charge on any atom is -0.497 e. The average molecular weight is 489 g/mol. The van der Waals surface area contributed by atoms with Gasteiger partial charge in [0.05, 0.1) is 14.2 Å². The number of ether oxygens (including phenoxy) is 3. The van der Waals surface area contributed by atoms with Crippen molar-refractivity contribution >= 4 is 18.1 Å². The van der Waals surface area contributed by atoms with Gasteiger partial charge in [-0.15, -0.1) is 0 Å². The third-order valence-electron chi connectivity index (χ3n) is 5.68. The van der Waals surface area contributed by atoms with Crippen LogP contribution in [0.25, 0.3) is 12.2 Å². The molecule has 3 aromatic rings. The van der Waals surface area contributed by atoms with Gasteiger partial charge in [-0.1, -0.05) is 54.6 Å². The number of nitrogens with zero attached hydrogens (tertiary/aromatic N) is 1. The summed E-state index contributed by atoms with van der Waals surface area (Å²) in [7, 11) is 5.39. The molecule has 0 saturated heterocycles. The molecule has 0 aromatic heterocycles. The van der Waals surface area contributed by atoms with E-state index in [0.29, 0.717) is 12.3 Å². The van der Waals surface area contributed by atoms with Crippen LogP contribution in [0.1, 0.15) is 29.5 Å². The van der Waals surface area contributed by atoms with Crippen LogP contribution < -0.4 is 19.5 Å². The molecule has 0 aliphatic heterocycles. The van der Waals surface area contributed by atoms with Crippen molar-refractivity contribution in [1.29, 1.82) is 0 Å². The summed E-state index contributed by atoms with van der Waals surface area (Å²) in [6, 6.07) is 23.8. The monoisotopic (exact) mass is 488 g/mol. The zero-order valence-electron chi connectivity index (χ0n) is 21.4. The van der Waals surface area contributed by atoms with E-state index < -0.39 is 0 Å². The van der Waals surface area contributed by atoms with Crippen LogP contribution in [-0.2, 0) is 11.3 Å². The summed E-state index contributed by atoms with van der Waals surface area (Å²) in [5.74, 6) is 2.04. The molecule has 0 aliphatic rings. The molecule has 0 saturated carbocycles. The van der Waals surface area contributed by atoms with E-state index in [9.17, 15) is 4.79 Å². The van der Waals surface area contributed by atoms with Gasteiger partial charge in [-0.25, -0.2) is 0 Å². The number of methoxy groups -OCH3 is 2. The molecule has 6 heteroatoms. The first kappa shape index (κ1) is 26.8. The molecule has 36 heavy (non-hydrogen) atoms. The largest absolute Gasteiger partial charge is 0.497 e. The molecular formula is C30H36N2O4. The first-order chi connectivity index (χ1) is 17.6. The Kier molecular flexibility index (Phi) is 10.9. The first-order valence-electron chi connectivity index (χ1n) is 12.2. The molecule has 0 spiro atoms. The molecule has 0 atom stereocenters. The summed E-state index contributed by atoms with van der Waals surface area (Å²) in [5.41, 5.74) is 3.31. The number of carbonyl (C=O) groups excluding carboxylic acids is 1. The fourth-order valence-corrected chi connectivity index (χ4v) is 3.70. The molecule has 0 aliphatic carbocycles. The van der Waals surface area contributed by atoms with E-state index in [4.69, 9.17) is 14.2 Å². The molecule has 0 radical (unpaired) electrons. The van der Waals surface area contributed by atoms with Crippen molar-refractivity contribution < 1.29 is 19.0 Å². The number of nitrogens with one attached hydrogen (secondary N) is 1. The Balaban J connectivity index is 1.33. The van der Waals surface area contributed by atoms with Crippen molar-refractivity contribution in [2.45, 2.75) is 19.4 Å². The van der Waals surface area contributed by atoms with Gasteiger partial charge >= 0.3 is 0 Å². The summed E-state index contributed by atoms with van der Waals surface area (Å²) in [6.45, 7) is 2.59. The van der Waals surface area contributed by atoms with E-state index in [1.165, 1.54) is 5.56 Å². The van der Waals surface area contributed by atoms with Crippen molar-refractivity contribution in [2.75, 3.05) is 41.0 Å². The standard InChI is InChI=1S/C30H36N2O4/c1-32(22-25-9-5-4-6-10-25)18-8-7-17-31-30(33)23-36-27-15-13-24(14-16-27)11-12-26-19-28(34-2)21-29(20-26)35-3/h4-6,9-16,19-21H,7-8,17-18,22-23H2,1-3H3,(H,31,33)/b12-11+. The number of carbonyl (C=O) groups is 1. The van der Waals surface area contributed by atoms with E-state index >= 15 is 0 Å². The molecule has 3 rings (SSSR count). The maximum Gasteiger partial charge on any atom is 0.257 e. The second-order valence-corrected chi connectivity index (χ2v) is 8.62. The number of unbranched alkanes of at least 4 members (excludes halogenated alkanes) is 1. The number of benzene rings is 3. The Bertz CT molecular complexity index is 1080. The van der Waals surface area contributed by atoms with Crippen LogP contribution in [0, 0.1) is 0 Å². The topological polar surface area (TPSA) is 60.0 Å². The summed E-state index contributed by atoms with van der Waals surface area (Å²) >= 11 is 0. The van der Waals surface area contributed by atoms with Crippen molar-refractivity contribution in [3.05, 3.63) is 89.5 Å². The molecule has 1 N–H and O–H groups in total. The first-order valence-corrected chi connectivity index (χ1v) is 12.2. The maximum absolute atomic E-state index is 12.1. The van der Waals surface area contributed by atoms with Crippen LogP contribution in [0.5, 0.6) is 17.2 Å². The third kappa shape index (κ3) is 9.47. The van der Waals surface area contributed by atoms with Crippen LogP contribution in [0.15, 0.2) is 72.8 Å². The highest BCUT2D eigenvalue weighted by molar-refractivity contribution is 5.77. The minimum atomic E-state index is -0.108. The molecule has 0 heterocycles. The van der Waals surface area contributed by atoms with Gasteiger partial charge in [-0.2, -0.15) is 0 Å². The number of rotatable bonds is 14. The zero-order chi connectivity index (χ0) is 25.6. The van der Waals surface area contributed by atoms with Gasteiger partial charge in [0, 0.05) is 19.2 Å². The summed E-state index contributed by atoms with van der Waals surface area (Å²) < 4.78 is 16.3. The van der Waals surface area contributed by atoms with E-state index in [2.05, 4.69) is 41.5 Å². The smallest absolute Gasteiger partial charge is 0.257 e. The number of hydrogen-bond donors (Lipinski definition) is 1. The van der Waals surface area contributed by atoms with Crippen molar-refractivity contribution in [1.82, 2.24) is 10.2 Å². The van der Waals surface area contributed by atoms with Crippen LogP contribution in [0.4, 0.5) is 0 Å². The lowest BCUT2D eigenvalue weighted by Gasteiger charge is -2.16. The summed E-state index contributed by atoms with van der Waals surface area (Å²) in [5, 5.41) is 2.93.